The molecule has 5 N–H and O–H groups in total. The van der Waals surface area contributed by atoms with E-state index in [1.54, 1.807) is 30.5 Å². The second kappa shape index (κ2) is 8.93. The van der Waals surface area contributed by atoms with Crippen LogP contribution >= 0.6 is 0 Å². The van der Waals surface area contributed by atoms with Crippen LogP contribution in [-0.4, -0.2) is 41.2 Å². The number of nitrogens with zero attached hydrogens (tertiary/aromatic N) is 1. The van der Waals surface area contributed by atoms with Crippen molar-refractivity contribution in [2.45, 2.75) is 56.6 Å². The van der Waals surface area contributed by atoms with Crippen LogP contribution in [0.15, 0.2) is 53.6 Å². The summed E-state index contributed by atoms with van der Waals surface area (Å²) in [4.78, 5) is 12.9. The first-order chi connectivity index (χ1) is 15.0. The minimum atomic E-state index is -0.457. The van der Waals surface area contributed by atoms with E-state index in [1.165, 1.54) is 7.11 Å². The molecule has 3 aliphatic carbocycles. The molecule has 0 bridgehead atoms. The molecule has 8 nitrogen and oxygen atoms in total. The van der Waals surface area contributed by atoms with Gasteiger partial charge in [-0.2, -0.15) is 0 Å². The van der Waals surface area contributed by atoms with Crippen molar-refractivity contribution < 1.29 is 24.6 Å². The fraction of sp³-hybridized carbons (Fsp3) is 0.435. The third-order valence-corrected chi connectivity index (χ3v) is 6.01. The Hall–Kier alpha value is -3.13. The number of methoxy groups -OCH3 is 1. The molecule has 0 aromatic carbocycles. The fourth-order valence-electron chi connectivity index (χ4n) is 4.00. The molecule has 0 saturated heterocycles. The Balaban J connectivity index is 1.51. The third-order valence-electron chi connectivity index (χ3n) is 6.01. The first-order valence-corrected chi connectivity index (χ1v) is 10.7. The number of allylic oxidation sites excluding steroid dienone is 3. The highest BCUT2D eigenvalue weighted by Gasteiger charge is 2.36. The molecule has 2 saturated carbocycles. The van der Waals surface area contributed by atoms with Gasteiger partial charge in [0.2, 0.25) is 5.69 Å². The zero-order valence-electron chi connectivity index (χ0n) is 17.6. The summed E-state index contributed by atoms with van der Waals surface area (Å²) in [5.41, 5.74) is 2.19. The molecule has 0 atom stereocenters. The number of amides is 1. The largest absolute Gasteiger partial charge is 0.494 e. The van der Waals surface area contributed by atoms with E-state index in [1.807, 2.05) is 6.07 Å². The molecule has 3 aliphatic rings. The highest BCUT2D eigenvalue weighted by Crippen LogP contribution is 2.38. The maximum absolute atomic E-state index is 12.9. The van der Waals surface area contributed by atoms with Crippen molar-refractivity contribution in [3.63, 3.8) is 0 Å². The number of aliphatic hydroxyl groups is 1. The van der Waals surface area contributed by atoms with Gasteiger partial charge in [-0.15, -0.1) is 0 Å². The highest BCUT2D eigenvalue weighted by molar-refractivity contribution is 6.10. The Morgan fingerprint density at radius 3 is 2.61 bits per heavy atom. The number of nitrogens with one attached hydrogen (secondary N) is 3. The molecular weight excluding hydrogens is 396 g/mol. The molecular formula is C23H29N4O4+. The fourth-order valence-corrected chi connectivity index (χ4v) is 4.00. The molecule has 1 heterocycles. The van der Waals surface area contributed by atoms with Gasteiger partial charge in [-0.05, 0) is 50.7 Å². The Morgan fingerprint density at radius 1 is 1.19 bits per heavy atom. The lowest BCUT2D eigenvalue weighted by atomic mass is 9.93. The molecule has 0 radical (unpaired) electrons. The van der Waals surface area contributed by atoms with Gasteiger partial charge in [-0.25, -0.2) is 0 Å². The van der Waals surface area contributed by atoms with E-state index in [0.717, 1.165) is 48.9 Å². The third kappa shape index (κ3) is 4.80. The standard InChI is InChI=1S/C23H28N4O4/c1-31-22-12-18(24)15(13-25-16-7-9-17(28)10-8-16)11-19(22)26-23(29)21-4-2-3-20(27(21)30)14-5-6-14/h2-4,11-14,16-17,24,28-30H,5-10H2,1H3/p+1/t16-,17-. The van der Waals surface area contributed by atoms with Gasteiger partial charge < -0.3 is 25.9 Å². The van der Waals surface area contributed by atoms with E-state index in [9.17, 15) is 15.1 Å². The van der Waals surface area contributed by atoms with Crippen LogP contribution in [0.3, 0.4) is 0 Å². The minimum absolute atomic E-state index is 0.144. The number of carbonyl (C=O) groups is 1. The van der Waals surface area contributed by atoms with E-state index in [4.69, 9.17) is 10.1 Å². The quantitative estimate of drug-likeness (QED) is 0.353. The van der Waals surface area contributed by atoms with Crippen molar-refractivity contribution in [2.75, 3.05) is 7.11 Å². The zero-order valence-corrected chi connectivity index (χ0v) is 17.6. The summed E-state index contributed by atoms with van der Waals surface area (Å²) < 4.78 is 6.32. The van der Waals surface area contributed by atoms with Gasteiger partial charge in [0, 0.05) is 46.7 Å². The number of rotatable bonds is 6. The number of hydrogen-bond donors (Lipinski definition) is 5. The average Bonchev–Trinajstić information content (AvgIpc) is 3.60. The van der Waals surface area contributed by atoms with E-state index in [2.05, 4.69) is 10.6 Å². The summed E-state index contributed by atoms with van der Waals surface area (Å²) in [5, 5.41) is 34.6. The number of hydrogen-bond acceptors (Lipinski definition) is 6. The number of aromatic nitrogens is 1. The molecule has 0 aliphatic heterocycles. The molecule has 4 rings (SSSR count). The van der Waals surface area contributed by atoms with Gasteiger partial charge in [-0.3, -0.25) is 10.0 Å². The van der Waals surface area contributed by atoms with Crippen LogP contribution in [0.5, 0.6) is 0 Å². The predicted octanol–water partition coefficient (Wildman–Crippen LogP) is 2.04. The molecule has 1 aromatic heterocycles. The molecule has 164 valence electrons. The zero-order chi connectivity index (χ0) is 22.0. The smallest absolute Gasteiger partial charge is 0.325 e. The molecule has 2 fully saturated rings. The van der Waals surface area contributed by atoms with E-state index < -0.39 is 5.91 Å². The second-order valence-corrected chi connectivity index (χ2v) is 8.33. The molecule has 31 heavy (non-hydrogen) atoms. The first kappa shape index (κ1) is 21.1. The number of ether oxygens (including phenoxy) is 1. The summed E-state index contributed by atoms with van der Waals surface area (Å²) in [6, 6.07) is 5.41. The van der Waals surface area contributed by atoms with Gasteiger partial charge in [0.1, 0.15) is 5.76 Å². The van der Waals surface area contributed by atoms with E-state index in [-0.39, 0.29) is 23.6 Å². The van der Waals surface area contributed by atoms with Crippen LogP contribution in [-0.2, 0) is 4.74 Å². The summed E-state index contributed by atoms with van der Waals surface area (Å²) in [6.45, 7) is 0. The molecule has 1 aromatic rings. The van der Waals surface area contributed by atoms with Crippen molar-refractivity contribution in [3.8, 4) is 0 Å². The van der Waals surface area contributed by atoms with Gasteiger partial charge in [0.15, 0.2) is 0 Å². The number of aliphatic hydroxyl groups excluding tert-OH is 1. The Bertz CT molecular complexity index is 970. The molecule has 1 amide bonds. The van der Waals surface area contributed by atoms with Crippen LogP contribution in [0, 0.1) is 5.41 Å². The molecule has 0 unspecified atom stereocenters. The van der Waals surface area contributed by atoms with Crippen LogP contribution in [0.2, 0.25) is 0 Å². The average molecular weight is 426 g/mol. The Kier molecular flexibility index (Phi) is 6.08. The lowest BCUT2D eigenvalue weighted by Gasteiger charge is -2.26. The maximum atomic E-state index is 12.9. The highest BCUT2D eigenvalue weighted by atomic mass is 16.5. The minimum Gasteiger partial charge on any atom is -0.494 e. The summed E-state index contributed by atoms with van der Waals surface area (Å²) >= 11 is 0. The van der Waals surface area contributed by atoms with Gasteiger partial charge in [0.05, 0.1) is 24.6 Å². The van der Waals surface area contributed by atoms with Crippen molar-refractivity contribution in [1.29, 1.82) is 5.41 Å². The van der Waals surface area contributed by atoms with Gasteiger partial charge in [0.25, 0.3) is 0 Å². The van der Waals surface area contributed by atoms with Crippen LogP contribution < -0.4 is 15.4 Å². The summed E-state index contributed by atoms with van der Waals surface area (Å²) in [5.74, 6) is 0.211. The van der Waals surface area contributed by atoms with Crippen molar-refractivity contribution in [3.05, 3.63) is 65.0 Å². The van der Waals surface area contributed by atoms with Crippen molar-refractivity contribution in [1.82, 2.24) is 10.6 Å². The number of carbonyl (C=O) groups excluding carboxylic acids is 1. The Labute approximate surface area is 181 Å². The maximum Gasteiger partial charge on any atom is 0.325 e. The normalized spacial score (nSPS) is 25.0. The first-order valence-electron chi connectivity index (χ1n) is 10.7. The van der Waals surface area contributed by atoms with Gasteiger partial charge in [-0.1, -0.05) is 0 Å². The topological polar surface area (TPSA) is 119 Å². The number of pyridine rings is 1. The summed E-state index contributed by atoms with van der Waals surface area (Å²) in [7, 11) is 1.49. The van der Waals surface area contributed by atoms with E-state index in [0.29, 0.717) is 22.9 Å². The van der Waals surface area contributed by atoms with Crippen molar-refractivity contribution >= 4 is 11.6 Å². The van der Waals surface area contributed by atoms with Crippen molar-refractivity contribution in [2.24, 2.45) is 0 Å². The Morgan fingerprint density at radius 2 is 1.94 bits per heavy atom. The van der Waals surface area contributed by atoms with Crippen LogP contribution in [0.4, 0.5) is 0 Å². The second-order valence-electron chi connectivity index (χ2n) is 8.33. The van der Waals surface area contributed by atoms with E-state index >= 15 is 0 Å². The van der Waals surface area contributed by atoms with Crippen LogP contribution in [0.1, 0.15) is 60.6 Å². The van der Waals surface area contributed by atoms with Gasteiger partial charge >= 0.3 is 11.6 Å². The molecule has 0 spiro atoms. The lowest BCUT2D eigenvalue weighted by Crippen LogP contribution is -2.45. The van der Waals surface area contributed by atoms with Crippen LogP contribution in [0.25, 0.3) is 0 Å². The monoisotopic (exact) mass is 425 g/mol. The predicted molar refractivity (Wildman–Crippen MR) is 114 cm³/mol. The lowest BCUT2D eigenvalue weighted by molar-refractivity contribution is -0.910. The summed E-state index contributed by atoms with van der Waals surface area (Å²) in [6.07, 6.45) is 10.1. The SMILES string of the molecule is COC1=CC(=N)/C(=C\N[C@H]2CC[C@H](O)CC2)C=C1NC(=O)c1cccc(C2CC2)[n+]1O. The molecule has 8 heteroatoms.